The average Bonchev–Trinajstić information content (AvgIpc) is 3.43. The minimum Gasteiger partial charge on any atom is -0.480 e. The van der Waals surface area contributed by atoms with E-state index in [2.05, 4.69) is 5.32 Å². The van der Waals surface area contributed by atoms with Gasteiger partial charge in [-0.25, -0.2) is 4.90 Å². The Morgan fingerprint density at radius 3 is 2.20 bits per heavy atom. The number of hydrogen-bond donors (Lipinski definition) is 2. The van der Waals surface area contributed by atoms with Crippen LogP contribution in [0.2, 0.25) is 0 Å². The lowest BCUT2D eigenvalue weighted by Gasteiger charge is -2.32. The summed E-state index contributed by atoms with van der Waals surface area (Å²) in [6, 6.07) is 16.4. The second kappa shape index (κ2) is 10.6. The van der Waals surface area contributed by atoms with Gasteiger partial charge in [-0.2, -0.15) is 0 Å². The number of nitro groups is 1. The van der Waals surface area contributed by atoms with E-state index in [0.29, 0.717) is 24.1 Å². The van der Waals surface area contributed by atoms with Gasteiger partial charge in [0.1, 0.15) is 5.54 Å². The van der Waals surface area contributed by atoms with Gasteiger partial charge in [0.05, 0.1) is 22.4 Å². The number of imide groups is 1. The fourth-order valence-electron chi connectivity index (χ4n) is 6.58. The lowest BCUT2D eigenvalue weighted by Crippen LogP contribution is -2.57. The summed E-state index contributed by atoms with van der Waals surface area (Å²) in [6.45, 7) is 7.75. The van der Waals surface area contributed by atoms with E-state index < -0.39 is 46.1 Å². The zero-order valence-corrected chi connectivity index (χ0v) is 23.5. The Hall–Kier alpha value is -4.37. The number of anilines is 1. The highest BCUT2D eigenvalue weighted by Gasteiger charge is 2.69. The maximum atomic E-state index is 14.4. The average molecular weight is 556 g/mol. The molecular weight excluding hydrogens is 522 g/mol. The first-order chi connectivity index (χ1) is 19.5. The van der Waals surface area contributed by atoms with Crippen LogP contribution >= 0.6 is 0 Å². The Bertz CT molecular complexity index is 1540. The zero-order chi connectivity index (χ0) is 29.6. The van der Waals surface area contributed by atoms with Crippen LogP contribution in [0.3, 0.4) is 0 Å². The number of para-hydroxylation sites is 1. The molecule has 9 nitrogen and oxygen atoms in total. The van der Waals surface area contributed by atoms with E-state index in [9.17, 15) is 29.6 Å². The van der Waals surface area contributed by atoms with Crippen LogP contribution in [0.25, 0.3) is 0 Å². The number of benzene rings is 3. The number of aliphatic carboxylic acids is 1. The Labute approximate surface area is 238 Å². The highest BCUT2D eigenvalue weighted by atomic mass is 16.6. The van der Waals surface area contributed by atoms with Crippen LogP contribution in [-0.4, -0.2) is 33.4 Å². The Morgan fingerprint density at radius 1 is 1.00 bits per heavy atom. The first-order valence-electron chi connectivity index (χ1n) is 13.8. The molecule has 0 saturated carbocycles. The van der Waals surface area contributed by atoms with Gasteiger partial charge in [-0.1, -0.05) is 67.9 Å². The highest BCUT2D eigenvalue weighted by molar-refractivity contribution is 6.25. The number of nitrogens with one attached hydrogen (secondary N) is 1. The van der Waals surface area contributed by atoms with Gasteiger partial charge in [-0.3, -0.25) is 29.8 Å². The van der Waals surface area contributed by atoms with Crippen LogP contribution in [0.4, 0.5) is 11.4 Å². The van der Waals surface area contributed by atoms with Gasteiger partial charge >= 0.3 is 5.97 Å². The fourth-order valence-corrected chi connectivity index (χ4v) is 6.58. The number of carbonyl (C=O) groups is 3. The molecular formula is C32H33N3O6. The molecule has 41 heavy (non-hydrogen) atoms. The molecule has 9 heteroatoms. The third kappa shape index (κ3) is 4.50. The molecule has 2 heterocycles. The van der Waals surface area contributed by atoms with Gasteiger partial charge in [-0.05, 0) is 54.5 Å². The number of hydrogen-bond acceptors (Lipinski definition) is 6. The number of carbonyl (C=O) groups excluding carboxylic acids is 2. The minimum absolute atomic E-state index is 0.120. The molecule has 2 aliphatic heterocycles. The number of carboxylic acid groups (broad SMARTS) is 1. The zero-order valence-electron chi connectivity index (χ0n) is 23.5. The van der Waals surface area contributed by atoms with Gasteiger partial charge in [0.2, 0.25) is 11.8 Å². The Morgan fingerprint density at radius 2 is 1.63 bits per heavy atom. The van der Waals surface area contributed by atoms with E-state index in [1.54, 1.807) is 0 Å². The van der Waals surface area contributed by atoms with Gasteiger partial charge < -0.3 is 5.11 Å². The summed E-state index contributed by atoms with van der Waals surface area (Å²) in [4.78, 5) is 54.0. The molecule has 5 rings (SSSR count). The molecule has 2 amide bonds. The molecule has 0 radical (unpaired) electrons. The maximum absolute atomic E-state index is 14.4. The first kappa shape index (κ1) is 28.2. The van der Waals surface area contributed by atoms with E-state index in [4.69, 9.17) is 0 Å². The second-order valence-corrected chi connectivity index (χ2v) is 11.0. The SMILES string of the molecule is CCc1cccc(CC)c1N1C(=O)C2C(c3cc(C)ccc3C)NC(Cc3ccc([N+](=O)[O-])cc3)(C(=O)O)C2C1=O. The van der Waals surface area contributed by atoms with E-state index in [0.717, 1.165) is 27.8 Å². The van der Waals surface area contributed by atoms with E-state index >= 15 is 0 Å². The monoisotopic (exact) mass is 555 g/mol. The largest absolute Gasteiger partial charge is 0.480 e. The van der Waals surface area contributed by atoms with Gasteiger partial charge in [-0.15, -0.1) is 0 Å². The summed E-state index contributed by atoms with van der Waals surface area (Å²) in [7, 11) is 0. The normalized spacial score (nSPS) is 23.6. The minimum atomic E-state index is -1.82. The smallest absolute Gasteiger partial charge is 0.325 e. The molecule has 0 aliphatic carbocycles. The van der Waals surface area contributed by atoms with Crippen LogP contribution in [0, 0.1) is 35.8 Å². The van der Waals surface area contributed by atoms with Crippen molar-refractivity contribution in [2.24, 2.45) is 11.8 Å². The summed E-state index contributed by atoms with van der Waals surface area (Å²) in [5.41, 5.74) is 3.41. The van der Waals surface area contributed by atoms with Gasteiger partial charge in [0.15, 0.2) is 0 Å². The van der Waals surface area contributed by atoms with Crippen molar-refractivity contribution in [3.8, 4) is 0 Å². The molecule has 4 unspecified atom stereocenters. The number of nitro benzene ring substituents is 1. The summed E-state index contributed by atoms with van der Waals surface area (Å²) in [5, 5.41) is 25.3. The molecule has 2 N–H and O–H groups in total. The second-order valence-electron chi connectivity index (χ2n) is 11.0. The van der Waals surface area contributed by atoms with Crippen molar-refractivity contribution in [2.45, 2.75) is 58.5 Å². The number of nitrogens with zero attached hydrogens (tertiary/aromatic N) is 2. The Kier molecular flexibility index (Phi) is 7.25. The van der Waals surface area contributed by atoms with Gasteiger partial charge in [0.25, 0.3) is 5.69 Å². The van der Waals surface area contributed by atoms with Crippen molar-refractivity contribution in [3.05, 3.63) is 104 Å². The molecule has 0 bridgehead atoms. The topological polar surface area (TPSA) is 130 Å². The van der Waals surface area contributed by atoms with Crippen molar-refractivity contribution in [3.63, 3.8) is 0 Å². The number of non-ortho nitro benzene ring substituents is 1. The van der Waals surface area contributed by atoms with E-state index in [-0.39, 0.29) is 12.1 Å². The lowest BCUT2D eigenvalue weighted by molar-refractivity contribution is -0.384. The molecule has 2 fully saturated rings. The van der Waals surface area contributed by atoms with Crippen molar-refractivity contribution in [1.82, 2.24) is 5.32 Å². The molecule has 0 aromatic heterocycles. The van der Waals surface area contributed by atoms with Crippen LogP contribution in [0.5, 0.6) is 0 Å². The number of fused-ring (bicyclic) bond motifs is 1. The van der Waals surface area contributed by atoms with Gasteiger partial charge in [0, 0.05) is 24.6 Å². The molecule has 4 atom stereocenters. The van der Waals surface area contributed by atoms with E-state index in [1.165, 1.54) is 29.2 Å². The predicted molar refractivity (Wildman–Crippen MR) is 154 cm³/mol. The molecule has 2 aliphatic rings. The molecule has 212 valence electrons. The van der Waals surface area contributed by atoms with Crippen LogP contribution in [0.15, 0.2) is 60.7 Å². The summed E-state index contributed by atoms with van der Waals surface area (Å²) < 4.78 is 0. The van der Waals surface area contributed by atoms with Crippen LogP contribution < -0.4 is 10.2 Å². The van der Waals surface area contributed by atoms with Crippen molar-refractivity contribution in [2.75, 3.05) is 4.90 Å². The highest BCUT2D eigenvalue weighted by Crippen LogP contribution is 2.52. The maximum Gasteiger partial charge on any atom is 0.325 e. The van der Waals surface area contributed by atoms with Crippen LogP contribution in [0.1, 0.15) is 53.3 Å². The Balaban J connectivity index is 1.70. The molecule has 3 aromatic carbocycles. The number of amides is 2. The molecule has 0 spiro atoms. The standard InChI is InChI=1S/C32H33N3O6/c1-5-21-8-7-9-22(6-2)28(21)34-29(36)25-26(30(34)37)32(31(38)39,17-20-12-14-23(15-13-20)35(40)41)33-27(25)24-16-18(3)10-11-19(24)4/h7-16,25-27,33H,5-6,17H2,1-4H3,(H,38,39). The third-order valence-electron chi connectivity index (χ3n) is 8.62. The predicted octanol–water partition coefficient (Wildman–Crippen LogP) is 4.85. The third-order valence-corrected chi connectivity index (χ3v) is 8.62. The quantitative estimate of drug-likeness (QED) is 0.231. The lowest BCUT2D eigenvalue weighted by atomic mass is 9.76. The molecule has 3 aromatic rings. The van der Waals surface area contributed by atoms with Crippen LogP contribution in [-0.2, 0) is 33.6 Å². The number of rotatable bonds is 8. The fraction of sp³-hybridized carbons (Fsp3) is 0.344. The van der Waals surface area contributed by atoms with Crippen molar-refractivity contribution in [1.29, 1.82) is 0 Å². The number of aryl methyl sites for hydroxylation is 4. The first-order valence-corrected chi connectivity index (χ1v) is 13.8. The van der Waals surface area contributed by atoms with Crippen molar-refractivity contribution < 1.29 is 24.4 Å². The molecule has 2 saturated heterocycles. The van der Waals surface area contributed by atoms with Crippen molar-refractivity contribution >= 4 is 29.2 Å². The summed E-state index contributed by atoms with van der Waals surface area (Å²) in [5.74, 6) is -4.35. The summed E-state index contributed by atoms with van der Waals surface area (Å²) in [6.07, 6.45) is 1.06. The summed E-state index contributed by atoms with van der Waals surface area (Å²) >= 11 is 0. The van der Waals surface area contributed by atoms with E-state index in [1.807, 2.05) is 64.1 Å². The number of carboxylic acids is 1.